The zero-order valence-corrected chi connectivity index (χ0v) is 13.4. The number of alkyl halides is 3. The minimum atomic E-state index is -1.47. The van der Waals surface area contributed by atoms with E-state index in [1.54, 1.807) is 0 Å². The van der Waals surface area contributed by atoms with E-state index in [4.69, 9.17) is 4.74 Å². The Labute approximate surface area is 104 Å². The minimum Gasteiger partial charge on any atom is -0.458 e. The van der Waals surface area contributed by atoms with Gasteiger partial charge in [-0.15, -0.1) is 0 Å². The van der Waals surface area contributed by atoms with E-state index in [9.17, 15) is 4.79 Å². The summed E-state index contributed by atoms with van der Waals surface area (Å²) in [6.45, 7) is 6.51. The molecule has 1 aliphatic heterocycles. The van der Waals surface area contributed by atoms with Crippen LogP contribution in [0, 0.1) is 0 Å². The van der Waals surface area contributed by atoms with Crippen molar-refractivity contribution in [3.05, 3.63) is 0 Å². The third-order valence-corrected chi connectivity index (χ3v) is 5.81. The molecule has 0 unspecified atom stereocenters. The fraction of sp³-hybridized carbons (Fsp3) is 0.857. The summed E-state index contributed by atoms with van der Waals surface area (Å²) in [5.74, 6) is -0.0631. The second-order valence-electron chi connectivity index (χ2n) is 4.24. The number of halogens is 3. The van der Waals surface area contributed by atoms with Crippen molar-refractivity contribution in [2.45, 2.75) is 33.4 Å². The summed E-state index contributed by atoms with van der Waals surface area (Å²) in [7, 11) is -1.47. The normalized spacial score (nSPS) is 29.5. The lowest BCUT2D eigenvalue weighted by Gasteiger charge is -2.45. The van der Waals surface area contributed by atoms with Gasteiger partial charge in [-0.2, -0.15) is 0 Å². The number of cyclic esters (lactones) is 1. The van der Waals surface area contributed by atoms with Gasteiger partial charge in [0.15, 0.2) is 2.14 Å². The number of carbonyl (C=O) groups excluding carboxylic acids is 1. The van der Waals surface area contributed by atoms with E-state index >= 15 is 0 Å². The molecule has 2 nitrogen and oxygen atoms in total. The van der Waals surface area contributed by atoms with Crippen LogP contribution in [0.3, 0.4) is 0 Å². The molecule has 0 amide bonds. The topological polar surface area (TPSA) is 26.3 Å². The van der Waals surface area contributed by atoms with E-state index in [2.05, 4.69) is 67.4 Å². The van der Waals surface area contributed by atoms with Gasteiger partial charge >= 0.3 is 5.97 Å². The molecule has 0 aromatic carbocycles. The summed E-state index contributed by atoms with van der Waals surface area (Å²) < 4.78 is 4.63. The van der Waals surface area contributed by atoms with Gasteiger partial charge in [0.05, 0.1) is 13.6 Å². The highest BCUT2D eigenvalue weighted by molar-refractivity contribution is 9.39. The lowest BCUT2D eigenvalue weighted by Crippen LogP contribution is -2.57. The molecular formula is C7H11Br3O2Si. The number of esters is 1. The lowest BCUT2D eigenvalue weighted by molar-refractivity contribution is -0.168. The Hall–Kier alpha value is 1.13. The van der Waals surface area contributed by atoms with Crippen LogP contribution in [0.4, 0.5) is 0 Å². The Kier molecular flexibility index (Phi) is 3.39. The van der Waals surface area contributed by atoms with E-state index < -0.39 is 10.2 Å². The van der Waals surface area contributed by atoms with Gasteiger partial charge < -0.3 is 4.74 Å². The third-order valence-electron chi connectivity index (χ3n) is 2.06. The van der Waals surface area contributed by atoms with Crippen LogP contribution in [0.15, 0.2) is 0 Å². The van der Waals surface area contributed by atoms with Gasteiger partial charge in [-0.1, -0.05) is 67.4 Å². The molecule has 1 rings (SSSR count). The highest BCUT2D eigenvalue weighted by Crippen LogP contribution is 2.51. The second-order valence-corrected chi connectivity index (χ2v) is 16.5. The van der Waals surface area contributed by atoms with E-state index in [0.29, 0.717) is 0 Å². The minimum absolute atomic E-state index is 0.0608. The van der Waals surface area contributed by atoms with Crippen LogP contribution in [-0.2, 0) is 9.53 Å². The van der Waals surface area contributed by atoms with Crippen LogP contribution in [-0.4, -0.2) is 22.3 Å². The maximum atomic E-state index is 11.3. The summed E-state index contributed by atoms with van der Waals surface area (Å²) >= 11 is 10.2. The molecule has 0 bridgehead atoms. The Morgan fingerprint density at radius 1 is 1.31 bits per heavy atom. The van der Waals surface area contributed by atoms with E-state index in [1.807, 2.05) is 0 Å². The van der Waals surface area contributed by atoms with Crippen molar-refractivity contribution in [1.82, 2.24) is 0 Å². The van der Waals surface area contributed by atoms with Gasteiger partial charge in [-0.3, -0.25) is 4.79 Å². The monoisotopic (exact) mass is 392 g/mol. The molecule has 1 saturated heterocycles. The summed E-state index contributed by atoms with van der Waals surface area (Å²) in [5, 5.41) is 0. The largest absolute Gasteiger partial charge is 0.458 e. The van der Waals surface area contributed by atoms with Crippen molar-refractivity contribution < 1.29 is 9.53 Å². The summed E-state index contributed by atoms with van der Waals surface area (Å²) in [6.07, 6.45) is -0.105. The van der Waals surface area contributed by atoms with Gasteiger partial charge in [0.1, 0.15) is 6.10 Å². The predicted octanol–water partition coefficient (Wildman–Crippen LogP) is 3.46. The number of rotatable bonds is 1. The zero-order valence-electron chi connectivity index (χ0n) is 7.61. The van der Waals surface area contributed by atoms with Gasteiger partial charge in [0.2, 0.25) is 0 Å². The molecule has 13 heavy (non-hydrogen) atoms. The summed E-state index contributed by atoms with van der Waals surface area (Å²) in [5.41, 5.74) is 0.0608. The molecule has 0 N–H and O–H groups in total. The molecule has 0 aliphatic carbocycles. The van der Waals surface area contributed by atoms with Crippen LogP contribution in [0.2, 0.25) is 25.2 Å². The van der Waals surface area contributed by atoms with Crippen LogP contribution in [0.1, 0.15) is 0 Å². The van der Waals surface area contributed by atoms with Crippen molar-refractivity contribution in [3.8, 4) is 0 Å². The predicted molar refractivity (Wildman–Crippen MR) is 66.5 cm³/mol. The van der Waals surface area contributed by atoms with Crippen LogP contribution in [0.25, 0.3) is 0 Å². The van der Waals surface area contributed by atoms with Crippen molar-refractivity contribution in [1.29, 1.82) is 0 Å². The molecule has 0 radical (unpaired) electrons. The molecule has 0 saturated carbocycles. The van der Waals surface area contributed by atoms with Crippen molar-refractivity contribution in [3.63, 3.8) is 0 Å². The lowest BCUT2D eigenvalue weighted by atomic mass is 10.2. The van der Waals surface area contributed by atoms with Crippen LogP contribution < -0.4 is 0 Å². The highest BCUT2D eigenvalue weighted by Gasteiger charge is 2.57. The van der Waals surface area contributed by atoms with Crippen molar-refractivity contribution in [2.24, 2.45) is 0 Å². The molecule has 6 heteroatoms. The highest BCUT2D eigenvalue weighted by atomic mass is 80.0. The fourth-order valence-corrected chi connectivity index (χ4v) is 5.19. The van der Waals surface area contributed by atoms with E-state index in [0.717, 1.165) is 0 Å². The molecule has 1 fully saturated rings. The molecule has 0 spiro atoms. The average Bonchev–Trinajstić information content (AvgIpc) is 1.75. The molecular weight excluding hydrogens is 384 g/mol. The van der Waals surface area contributed by atoms with Gasteiger partial charge in [0.25, 0.3) is 0 Å². The maximum absolute atomic E-state index is 11.3. The first-order valence-corrected chi connectivity index (χ1v) is 9.87. The summed E-state index contributed by atoms with van der Waals surface area (Å²) in [6, 6.07) is 0. The van der Waals surface area contributed by atoms with Gasteiger partial charge in [-0.05, 0) is 0 Å². The van der Waals surface area contributed by atoms with Crippen molar-refractivity contribution >= 4 is 61.8 Å². The van der Waals surface area contributed by atoms with Crippen molar-refractivity contribution in [2.75, 3.05) is 0 Å². The standard InChI is InChI=1S/C7H11Br3O2Si/c1-13(2,3)4-5(7(8,9)10)12-6(4)11/h4-5H,1-3H3/t4-,5+/m0/s1. The van der Waals surface area contributed by atoms with Gasteiger partial charge in [-0.25, -0.2) is 0 Å². The van der Waals surface area contributed by atoms with Gasteiger partial charge in [0, 0.05) is 0 Å². The Morgan fingerprint density at radius 2 is 1.77 bits per heavy atom. The number of ether oxygens (including phenoxy) is 1. The number of hydrogen-bond acceptors (Lipinski definition) is 2. The first kappa shape index (κ1) is 12.2. The fourth-order valence-electron chi connectivity index (χ4n) is 1.38. The first-order chi connectivity index (χ1) is 5.64. The SMILES string of the molecule is C[Si](C)(C)[C@@H]1C(=O)O[C@H]1C(Br)(Br)Br. The number of hydrogen-bond donors (Lipinski definition) is 0. The second kappa shape index (κ2) is 3.61. The molecule has 0 aromatic heterocycles. The zero-order chi connectivity index (χ0) is 10.4. The summed E-state index contributed by atoms with van der Waals surface area (Å²) in [4.78, 5) is 11.3. The van der Waals surface area contributed by atoms with E-state index in [-0.39, 0.29) is 17.6 Å². The maximum Gasteiger partial charge on any atom is 0.310 e. The average molecular weight is 395 g/mol. The Balaban J connectivity index is 2.79. The molecule has 76 valence electrons. The Morgan fingerprint density at radius 3 is 1.92 bits per heavy atom. The number of carbonyl (C=O) groups is 1. The third kappa shape index (κ3) is 2.57. The molecule has 0 aromatic rings. The molecule has 2 atom stereocenters. The quantitative estimate of drug-likeness (QED) is 0.387. The molecule has 1 aliphatic rings. The molecule has 1 heterocycles. The van der Waals surface area contributed by atoms with Crippen LogP contribution >= 0.6 is 47.8 Å². The smallest absolute Gasteiger partial charge is 0.310 e. The Bertz CT molecular complexity index is 231. The van der Waals surface area contributed by atoms with Crippen LogP contribution in [0.5, 0.6) is 0 Å². The van der Waals surface area contributed by atoms with E-state index in [1.165, 1.54) is 0 Å². The first-order valence-electron chi connectivity index (χ1n) is 3.91.